The highest BCUT2D eigenvalue weighted by atomic mass is 32.1. The van der Waals surface area contributed by atoms with Crippen LogP contribution in [0.3, 0.4) is 0 Å². The molecular weight excluding hydrogens is 745 g/mol. The summed E-state index contributed by atoms with van der Waals surface area (Å²) < 4.78 is 5.90. The van der Waals surface area contributed by atoms with Crippen molar-refractivity contribution in [1.29, 1.82) is 0 Å². The lowest BCUT2D eigenvalue weighted by molar-refractivity contribution is -0.150. The molecule has 57 heavy (non-hydrogen) atoms. The number of benzene rings is 1. The van der Waals surface area contributed by atoms with Gasteiger partial charge in [-0.05, 0) is 62.4 Å². The van der Waals surface area contributed by atoms with Crippen molar-refractivity contribution >= 4 is 41.0 Å². The summed E-state index contributed by atoms with van der Waals surface area (Å²) in [6, 6.07) is 13.0. The number of aliphatic carboxylic acids is 1. The van der Waals surface area contributed by atoms with Gasteiger partial charge in [0.25, 0.3) is 5.91 Å². The number of carboxylic acid groups (broad SMARTS) is 1. The van der Waals surface area contributed by atoms with Gasteiger partial charge in [-0.1, -0.05) is 83.9 Å². The highest BCUT2D eigenvalue weighted by Crippen LogP contribution is 2.32. The summed E-state index contributed by atoms with van der Waals surface area (Å²) >= 11 is 1.17. The molecule has 0 aliphatic carbocycles. The van der Waals surface area contributed by atoms with Gasteiger partial charge < -0.3 is 25.4 Å². The first-order valence-corrected chi connectivity index (χ1v) is 21.0. The van der Waals surface area contributed by atoms with Crippen LogP contribution in [0.5, 0.6) is 0 Å². The topological polar surface area (TPSA) is 171 Å². The Balaban J connectivity index is 1.64. The third-order valence-electron chi connectivity index (χ3n) is 10.9. The molecule has 2 aromatic heterocycles. The number of likely N-dealkylation sites (N-methyl/N-ethyl adjacent to an activating group) is 1. The molecule has 0 bridgehead atoms. The zero-order chi connectivity index (χ0) is 41.6. The number of hydrogen-bond donors (Lipinski definition) is 3. The van der Waals surface area contributed by atoms with Crippen molar-refractivity contribution in [2.45, 2.75) is 123 Å². The van der Waals surface area contributed by atoms with Crippen LogP contribution in [0.2, 0.25) is 0 Å². The zero-order valence-corrected chi connectivity index (χ0v) is 35.2. The molecule has 13 nitrogen and oxygen atoms in total. The SMILES string of the molecule is CCC(C)C(NC(=O)C1CCCCN1C)C(=O)N(Cc1ccccc1)[C@H](C[C@@H](OC(C)=O)c1nc(C(=O)N[C@@H](Cc2ccccn2)C[C@H](C)C(=O)O)cs1)C(C)C. The fourth-order valence-corrected chi connectivity index (χ4v) is 8.17. The third-order valence-corrected chi connectivity index (χ3v) is 11.8. The number of thiazole rings is 1. The minimum Gasteiger partial charge on any atom is -0.481 e. The summed E-state index contributed by atoms with van der Waals surface area (Å²) in [5.74, 6) is -3.35. The first-order valence-electron chi connectivity index (χ1n) is 20.1. The average molecular weight is 805 g/mol. The monoisotopic (exact) mass is 804 g/mol. The van der Waals surface area contributed by atoms with E-state index in [4.69, 9.17) is 4.74 Å². The van der Waals surface area contributed by atoms with Gasteiger partial charge in [-0.2, -0.15) is 0 Å². The molecule has 1 saturated heterocycles. The Hall–Kier alpha value is -4.69. The molecule has 1 aliphatic rings. The van der Waals surface area contributed by atoms with Crippen LogP contribution in [0.25, 0.3) is 0 Å². The molecule has 4 rings (SSSR count). The highest BCUT2D eigenvalue weighted by molar-refractivity contribution is 7.09. The second-order valence-corrected chi connectivity index (χ2v) is 16.6. The van der Waals surface area contributed by atoms with Crippen molar-refractivity contribution in [2.24, 2.45) is 17.8 Å². The number of piperidine rings is 1. The number of aromatic nitrogens is 2. The van der Waals surface area contributed by atoms with Gasteiger partial charge in [0.15, 0.2) is 6.10 Å². The molecule has 310 valence electrons. The van der Waals surface area contributed by atoms with Crippen molar-refractivity contribution in [3.05, 3.63) is 82.1 Å². The number of rotatable bonds is 20. The lowest BCUT2D eigenvalue weighted by Gasteiger charge is -2.40. The smallest absolute Gasteiger partial charge is 0.306 e. The molecule has 3 aromatic rings. The molecule has 1 aliphatic heterocycles. The fraction of sp³-hybridized carbons (Fsp3) is 0.558. The predicted molar refractivity (Wildman–Crippen MR) is 219 cm³/mol. The molecule has 3 N–H and O–H groups in total. The van der Waals surface area contributed by atoms with Crippen LogP contribution in [0.4, 0.5) is 0 Å². The van der Waals surface area contributed by atoms with Crippen molar-refractivity contribution < 1.29 is 33.8 Å². The van der Waals surface area contributed by atoms with E-state index in [1.165, 1.54) is 18.3 Å². The number of pyridine rings is 1. The molecule has 3 unspecified atom stereocenters. The molecule has 14 heteroatoms. The van der Waals surface area contributed by atoms with Gasteiger partial charge in [0.05, 0.1) is 12.0 Å². The number of carboxylic acids is 1. The number of hydrogen-bond acceptors (Lipinski definition) is 10. The van der Waals surface area contributed by atoms with E-state index >= 15 is 0 Å². The molecule has 7 atom stereocenters. The number of carbonyl (C=O) groups excluding carboxylic acids is 4. The summed E-state index contributed by atoms with van der Waals surface area (Å²) in [4.78, 5) is 79.6. The second kappa shape index (κ2) is 21.7. The van der Waals surface area contributed by atoms with Gasteiger partial charge in [-0.3, -0.25) is 33.9 Å². The maximum absolute atomic E-state index is 15.0. The number of esters is 1. The van der Waals surface area contributed by atoms with Gasteiger partial charge in [-0.15, -0.1) is 11.3 Å². The predicted octanol–water partition coefficient (Wildman–Crippen LogP) is 6.05. The standard InChI is InChI=1S/C43H60N6O7S/c1-8-28(4)38(47-40(52)35-19-13-15-21-48(35)7)42(53)49(25-31-16-10-9-11-17-31)36(27(2)3)24-37(56-30(6)50)41-46-34(26-57-41)39(51)45-33(22-29(5)43(54)55)23-32-18-12-14-20-44-32/h9-12,14,16-18,20,26-29,33,35-38H,8,13,15,19,21-25H2,1-7H3,(H,45,51)(H,47,52)(H,54,55)/t28?,29-,33+,35?,36+,37+,38?/m0/s1. The van der Waals surface area contributed by atoms with E-state index in [0.29, 0.717) is 23.5 Å². The Labute approximate surface area is 341 Å². The quantitative estimate of drug-likeness (QED) is 0.114. The number of nitrogens with one attached hydrogen (secondary N) is 2. The first-order chi connectivity index (χ1) is 27.2. The Kier molecular flexibility index (Phi) is 17.2. The molecular formula is C43H60N6O7S. The van der Waals surface area contributed by atoms with Crippen LogP contribution in [-0.4, -0.2) is 92.3 Å². The van der Waals surface area contributed by atoms with Crippen LogP contribution in [-0.2, 0) is 36.9 Å². The minimum atomic E-state index is -0.968. The maximum Gasteiger partial charge on any atom is 0.306 e. The van der Waals surface area contributed by atoms with E-state index in [-0.39, 0.29) is 54.8 Å². The van der Waals surface area contributed by atoms with E-state index in [2.05, 4.69) is 25.5 Å². The maximum atomic E-state index is 15.0. The summed E-state index contributed by atoms with van der Waals surface area (Å²) in [5.41, 5.74) is 1.72. The van der Waals surface area contributed by atoms with Gasteiger partial charge in [-0.25, -0.2) is 4.98 Å². The van der Waals surface area contributed by atoms with Gasteiger partial charge in [0.2, 0.25) is 11.8 Å². The number of likely N-dealkylation sites (tertiary alicyclic amines) is 1. The summed E-state index contributed by atoms with van der Waals surface area (Å²) in [7, 11) is 1.95. The lowest BCUT2D eigenvalue weighted by Crippen LogP contribution is -2.58. The first kappa shape index (κ1) is 45.0. The van der Waals surface area contributed by atoms with E-state index < -0.39 is 48.0 Å². The summed E-state index contributed by atoms with van der Waals surface area (Å²) in [5, 5.41) is 17.7. The number of amides is 3. The van der Waals surface area contributed by atoms with Crippen molar-refractivity contribution in [1.82, 2.24) is 30.4 Å². The van der Waals surface area contributed by atoms with E-state index in [0.717, 1.165) is 31.4 Å². The van der Waals surface area contributed by atoms with E-state index in [1.807, 2.05) is 82.1 Å². The van der Waals surface area contributed by atoms with Crippen LogP contribution in [0.15, 0.2) is 60.1 Å². The van der Waals surface area contributed by atoms with E-state index in [1.54, 1.807) is 24.6 Å². The van der Waals surface area contributed by atoms with Crippen molar-refractivity contribution in [2.75, 3.05) is 13.6 Å². The van der Waals surface area contributed by atoms with Crippen LogP contribution in [0, 0.1) is 17.8 Å². The average Bonchev–Trinajstić information content (AvgIpc) is 3.68. The molecule has 3 amide bonds. The van der Waals surface area contributed by atoms with Crippen LogP contribution in [0.1, 0.15) is 113 Å². The molecule has 3 heterocycles. The highest BCUT2D eigenvalue weighted by Gasteiger charge is 2.39. The minimum absolute atomic E-state index is 0.103. The Morgan fingerprint density at radius 1 is 1.00 bits per heavy atom. The third kappa shape index (κ3) is 13.2. The van der Waals surface area contributed by atoms with Gasteiger partial charge >= 0.3 is 11.9 Å². The second-order valence-electron chi connectivity index (χ2n) is 15.7. The normalized spacial score (nSPS) is 17.7. The Bertz CT molecular complexity index is 1770. The van der Waals surface area contributed by atoms with Gasteiger partial charge in [0.1, 0.15) is 16.7 Å². The van der Waals surface area contributed by atoms with Crippen LogP contribution < -0.4 is 10.6 Å². The number of carbonyl (C=O) groups is 5. The summed E-state index contributed by atoms with van der Waals surface area (Å²) in [6.07, 6.45) is 4.83. The molecule has 0 radical (unpaired) electrons. The summed E-state index contributed by atoms with van der Waals surface area (Å²) in [6.45, 7) is 12.0. The molecule has 0 saturated carbocycles. The van der Waals surface area contributed by atoms with Crippen LogP contribution >= 0.6 is 11.3 Å². The molecule has 0 spiro atoms. The lowest BCUT2D eigenvalue weighted by atomic mass is 9.91. The Morgan fingerprint density at radius 2 is 1.72 bits per heavy atom. The van der Waals surface area contributed by atoms with E-state index in [9.17, 15) is 29.1 Å². The largest absolute Gasteiger partial charge is 0.481 e. The Morgan fingerprint density at radius 3 is 2.33 bits per heavy atom. The molecule has 1 fully saturated rings. The number of nitrogens with zero attached hydrogens (tertiary/aromatic N) is 4. The zero-order valence-electron chi connectivity index (χ0n) is 34.4. The van der Waals surface area contributed by atoms with Crippen molar-refractivity contribution in [3.8, 4) is 0 Å². The molecule has 1 aromatic carbocycles. The van der Waals surface area contributed by atoms with Crippen molar-refractivity contribution in [3.63, 3.8) is 0 Å². The van der Waals surface area contributed by atoms with Gasteiger partial charge in [0, 0.05) is 55.7 Å². The number of ether oxygens (including phenoxy) is 1. The fourth-order valence-electron chi connectivity index (χ4n) is 7.33.